The highest BCUT2D eigenvalue weighted by Crippen LogP contribution is 2.41. The van der Waals surface area contributed by atoms with Gasteiger partial charge < -0.3 is 18.8 Å². The average molecular weight is 452 g/mol. The van der Waals surface area contributed by atoms with E-state index in [9.17, 15) is 9.59 Å². The van der Waals surface area contributed by atoms with Gasteiger partial charge in [-0.15, -0.1) is 0 Å². The summed E-state index contributed by atoms with van der Waals surface area (Å²) in [6.07, 6.45) is 0.620. The Labute approximate surface area is 193 Å². The first-order valence-corrected chi connectivity index (χ1v) is 11.3. The van der Waals surface area contributed by atoms with Gasteiger partial charge in [-0.1, -0.05) is 24.3 Å². The number of hydrogen-bond donors (Lipinski definition) is 0. The Kier molecular flexibility index (Phi) is 6.93. The second-order valence-corrected chi connectivity index (χ2v) is 7.78. The van der Waals surface area contributed by atoms with Gasteiger partial charge in [0.2, 0.25) is 11.9 Å². The molecule has 3 aromatic rings. The molecule has 1 aromatic heterocycles. The predicted molar refractivity (Wildman–Crippen MR) is 124 cm³/mol. The van der Waals surface area contributed by atoms with E-state index < -0.39 is 17.9 Å². The quantitative estimate of drug-likeness (QED) is 0.281. The number of hydrogen-bond acceptors (Lipinski definition) is 6. The van der Waals surface area contributed by atoms with Gasteiger partial charge in [0.05, 0.1) is 30.3 Å². The van der Waals surface area contributed by atoms with Gasteiger partial charge in [0.15, 0.2) is 5.92 Å². The molecule has 8 nitrogen and oxygen atoms in total. The van der Waals surface area contributed by atoms with Gasteiger partial charge in [0.1, 0.15) is 5.75 Å². The van der Waals surface area contributed by atoms with Crippen LogP contribution in [0.25, 0.3) is 11.0 Å². The molecule has 0 saturated heterocycles. The fourth-order valence-electron chi connectivity index (χ4n) is 4.36. The van der Waals surface area contributed by atoms with Crippen molar-refractivity contribution in [2.75, 3.05) is 38.4 Å². The Bertz CT molecular complexity index is 1120. The third-order valence-corrected chi connectivity index (χ3v) is 5.75. The molecule has 0 N–H and O–H groups in total. The van der Waals surface area contributed by atoms with E-state index in [2.05, 4.69) is 0 Å². The SMILES string of the molecule is CCOC(=O)[C@H]1C(=O)N(CCCOC)c2nc3ccccc3n2[C@@H]1c1ccc(OCC)cc1. The Morgan fingerprint density at radius 2 is 1.82 bits per heavy atom. The highest BCUT2D eigenvalue weighted by atomic mass is 16.5. The number of nitrogens with zero attached hydrogens (tertiary/aromatic N) is 3. The molecule has 1 aliphatic rings. The lowest BCUT2D eigenvalue weighted by Gasteiger charge is -2.38. The molecular weight excluding hydrogens is 422 g/mol. The minimum atomic E-state index is -1.03. The summed E-state index contributed by atoms with van der Waals surface area (Å²) >= 11 is 0. The summed E-state index contributed by atoms with van der Waals surface area (Å²) in [4.78, 5) is 33.3. The first-order valence-electron chi connectivity index (χ1n) is 11.3. The van der Waals surface area contributed by atoms with Crippen molar-refractivity contribution in [1.29, 1.82) is 0 Å². The van der Waals surface area contributed by atoms with Crippen LogP contribution in [0.3, 0.4) is 0 Å². The fourth-order valence-corrected chi connectivity index (χ4v) is 4.36. The van der Waals surface area contributed by atoms with Crippen molar-refractivity contribution in [3.63, 3.8) is 0 Å². The number of esters is 1. The van der Waals surface area contributed by atoms with E-state index in [0.29, 0.717) is 32.1 Å². The number of benzene rings is 2. The molecule has 0 saturated carbocycles. The van der Waals surface area contributed by atoms with Crippen LogP contribution < -0.4 is 9.64 Å². The van der Waals surface area contributed by atoms with Crippen LogP contribution in [0.2, 0.25) is 0 Å². The summed E-state index contributed by atoms with van der Waals surface area (Å²) in [5.74, 6) is -0.631. The van der Waals surface area contributed by atoms with Crippen molar-refractivity contribution < 1.29 is 23.8 Å². The van der Waals surface area contributed by atoms with E-state index in [1.165, 1.54) is 0 Å². The minimum Gasteiger partial charge on any atom is -0.494 e. The largest absolute Gasteiger partial charge is 0.494 e. The van der Waals surface area contributed by atoms with Gasteiger partial charge in [-0.3, -0.25) is 14.5 Å². The number of methoxy groups -OCH3 is 1. The number of carbonyl (C=O) groups excluding carboxylic acids is 2. The summed E-state index contributed by atoms with van der Waals surface area (Å²) in [5, 5.41) is 0. The van der Waals surface area contributed by atoms with E-state index in [1.54, 1.807) is 18.9 Å². The van der Waals surface area contributed by atoms with Crippen LogP contribution in [0.4, 0.5) is 5.95 Å². The van der Waals surface area contributed by atoms with Crippen LogP contribution in [0.5, 0.6) is 5.75 Å². The van der Waals surface area contributed by atoms with Crippen molar-refractivity contribution in [1.82, 2.24) is 9.55 Å². The molecule has 2 aromatic carbocycles. The summed E-state index contributed by atoms with van der Waals surface area (Å²) in [6.45, 7) is 5.30. The number of para-hydroxylation sites is 2. The highest BCUT2D eigenvalue weighted by molar-refractivity contribution is 6.08. The first-order chi connectivity index (χ1) is 16.1. The smallest absolute Gasteiger partial charge is 0.321 e. The third kappa shape index (κ3) is 4.30. The number of aromatic nitrogens is 2. The molecule has 1 aliphatic heterocycles. The van der Waals surface area contributed by atoms with Crippen LogP contribution in [0.15, 0.2) is 48.5 Å². The Morgan fingerprint density at radius 1 is 1.06 bits per heavy atom. The van der Waals surface area contributed by atoms with E-state index in [0.717, 1.165) is 22.3 Å². The molecule has 0 spiro atoms. The zero-order valence-corrected chi connectivity index (χ0v) is 19.2. The Hall–Kier alpha value is -3.39. The van der Waals surface area contributed by atoms with E-state index in [4.69, 9.17) is 19.2 Å². The number of ether oxygens (including phenoxy) is 3. The van der Waals surface area contributed by atoms with Crippen LogP contribution in [0, 0.1) is 5.92 Å². The molecule has 33 heavy (non-hydrogen) atoms. The summed E-state index contributed by atoms with van der Waals surface area (Å²) in [6, 6.07) is 14.6. The van der Waals surface area contributed by atoms with E-state index in [-0.39, 0.29) is 12.5 Å². The zero-order valence-electron chi connectivity index (χ0n) is 19.2. The molecule has 0 bridgehead atoms. The molecule has 0 aliphatic carbocycles. The summed E-state index contributed by atoms with van der Waals surface area (Å²) in [7, 11) is 1.62. The molecular formula is C25H29N3O5. The van der Waals surface area contributed by atoms with E-state index in [1.807, 2.05) is 60.0 Å². The minimum absolute atomic E-state index is 0.194. The lowest BCUT2D eigenvalue weighted by molar-refractivity contribution is -0.153. The second-order valence-electron chi connectivity index (χ2n) is 7.78. The van der Waals surface area contributed by atoms with Crippen LogP contribution in [0.1, 0.15) is 31.9 Å². The lowest BCUT2D eigenvalue weighted by Crippen LogP contribution is -2.50. The predicted octanol–water partition coefficient (Wildman–Crippen LogP) is 3.59. The molecule has 8 heteroatoms. The van der Waals surface area contributed by atoms with Crippen molar-refractivity contribution >= 4 is 28.9 Å². The Balaban J connectivity index is 1.89. The fraction of sp³-hybridized carbons (Fsp3) is 0.400. The Morgan fingerprint density at radius 3 is 2.52 bits per heavy atom. The lowest BCUT2D eigenvalue weighted by atomic mass is 9.89. The van der Waals surface area contributed by atoms with Gasteiger partial charge in [-0.25, -0.2) is 4.98 Å². The molecule has 174 valence electrons. The molecule has 0 fully saturated rings. The number of anilines is 1. The van der Waals surface area contributed by atoms with Gasteiger partial charge in [-0.05, 0) is 50.1 Å². The van der Waals surface area contributed by atoms with Crippen LogP contribution in [-0.2, 0) is 19.1 Å². The molecule has 0 radical (unpaired) electrons. The maximum Gasteiger partial charge on any atom is 0.321 e. The number of imidazole rings is 1. The third-order valence-electron chi connectivity index (χ3n) is 5.75. The highest BCUT2D eigenvalue weighted by Gasteiger charge is 2.47. The topological polar surface area (TPSA) is 82.9 Å². The number of carbonyl (C=O) groups is 2. The summed E-state index contributed by atoms with van der Waals surface area (Å²) in [5.41, 5.74) is 2.42. The maximum atomic E-state index is 13.7. The average Bonchev–Trinajstić information content (AvgIpc) is 3.20. The van der Waals surface area contributed by atoms with Gasteiger partial charge >= 0.3 is 5.97 Å². The number of rotatable bonds is 9. The maximum absolute atomic E-state index is 13.7. The van der Waals surface area contributed by atoms with Crippen LogP contribution >= 0.6 is 0 Å². The van der Waals surface area contributed by atoms with Crippen molar-refractivity contribution in [2.45, 2.75) is 26.3 Å². The van der Waals surface area contributed by atoms with Crippen molar-refractivity contribution in [3.8, 4) is 5.75 Å². The van der Waals surface area contributed by atoms with E-state index >= 15 is 0 Å². The normalized spacial score (nSPS) is 17.8. The molecule has 2 atom stereocenters. The summed E-state index contributed by atoms with van der Waals surface area (Å²) < 4.78 is 18.1. The number of amides is 1. The second kappa shape index (κ2) is 10.0. The zero-order chi connectivity index (χ0) is 23.4. The van der Waals surface area contributed by atoms with Gasteiger partial charge in [-0.2, -0.15) is 0 Å². The standard InChI is InChI=1S/C25H29N3O5/c1-4-32-18-13-11-17(12-14-18)22-21(24(30)33-5-2)23(29)27(15-8-16-31-3)25-26-19-9-6-7-10-20(19)28(22)25/h6-7,9-14,21-22H,4-5,8,15-16H2,1-3H3/t21-,22-/m1/s1. The number of fused-ring (bicyclic) bond motifs is 3. The molecule has 4 rings (SSSR count). The first kappa shape index (κ1) is 22.8. The van der Waals surface area contributed by atoms with Crippen molar-refractivity contribution in [2.24, 2.45) is 5.92 Å². The van der Waals surface area contributed by atoms with Gasteiger partial charge in [0, 0.05) is 20.3 Å². The monoisotopic (exact) mass is 451 g/mol. The molecule has 0 unspecified atom stereocenters. The van der Waals surface area contributed by atoms with Gasteiger partial charge in [0.25, 0.3) is 0 Å². The molecule has 2 heterocycles. The molecule has 1 amide bonds. The van der Waals surface area contributed by atoms with Crippen molar-refractivity contribution in [3.05, 3.63) is 54.1 Å². The van der Waals surface area contributed by atoms with Crippen LogP contribution in [-0.4, -0.2) is 54.9 Å².